The molecule has 0 radical (unpaired) electrons. The normalized spacial score (nSPS) is 21.5. The number of hydrogen-bond acceptors (Lipinski definition) is 7. The van der Waals surface area contributed by atoms with Crippen LogP contribution in [0.25, 0.3) is 11.0 Å². The summed E-state index contributed by atoms with van der Waals surface area (Å²) in [4.78, 5) is 55.2. The van der Waals surface area contributed by atoms with Crippen LogP contribution in [0.4, 0.5) is 5.69 Å². The van der Waals surface area contributed by atoms with E-state index >= 15 is 0 Å². The number of ether oxygens (including phenoxy) is 1. The van der Waals surface area contributed by atoms with Crippen molar-refractivity contribution in [2.24, 2.45) is 0 Å². The van der Waals surface area contributed by atoms with E-state index in [1.54, 1.807) is 30.3 Å². The topological polar surface area (TPSA) is 117 Å². The van der Waals surface area contributed by atoms with E-state index in [0.29, 0.717) is 22.2 Å². The zero-order chi connectivity index (χ0) is 23.6. The number of carbonyl (C=O) groups excluding carboxylic acids is 3. The molecule has 1 saturated carbocycles. The van der Waals surface area contributed by atoms with Crippen molar-refractivity contribution in [1.82, 2.24) is 4.90 Å². The van der Waals surface area contributed by atoms with Crippen LogP contribution >= 0.6 is 0 Å². The molecule has 3 heterocycles. The zero-order valence-electron chi connectivity index (χ0n) is 18.0. The second-order valence-corrected chi connectivity index (χ2v) is 8.82. The number of esters is 1. The third-order valence-electron chi connectivity index (χ3n) is 6.71. The fourth-order valence-corrected chi connectivity index (χ4v) is 5.11. The molecule has 1 aromatic heterocycles. The molecule has 1 atom stereocenters. The SMILES string of the molecule is O=C1CCC2(C(=O)OCc3cc(=O)oc4cc(O)ccc34)N1c1ccccc1C(=O)N2C1CC1. The smallest absolute Gasteiger partial charge is 0.354 e. The number of fused-ring (bicyclic) bond motifs is 4. The molecule has 3 aromatic rings. The van der Waals surface area contributed by atoms with Crippen molar-refractivity contribution in [2.45, 2.75) is 44.0 Å². The molecule has 9 nitrogen and oxygen atoms in total. The highest BCUT2D eigenvalue weighted by Crippen LogP contribution is 2.49. The lowest BCUT2D eigenvalue weighted by Crippen LogP contribution is -2.69. The molecule has 2 aromatic carbocycles. The van der Waals surface area contributed by atoms with Crippen molar-refractivity contribution >= 4 is 34.4 Å². The first-order valence-corrected chi connectivity index (χ1v) is 11.1. The van der Waals surface area contributed by atoms with Gasteiger partial charge < -0.3 is 19.2 Å². The van der Waals surface area contributed by atoms with E-state index in [-0.39, 0.29) is 48.6 Å². The Kier molecular flexibility index (Phi) is 4.32. The van der Waals surface area contributed by atoms with Crippen molar-refractivity contribution in [3.05, 3.63) is 70.1 Å². The Morgan fingerprint density at radius 1 is 1.12 bits per heavy atom. The van der Waals surface area contributed by atoms with E-state index < -0.39 is 17.3 Å². The van der Waals surface area contributed by atoms with Crippen LogP contribution < -0.4 is 10.5 Å². The number of amides is 2. The maximum atomic E-state index is 13.7. The van der Waals surface area contributed by atoms with Gasteiger partial charge in [-0.2, -0.15) is 0 Å². The summed E-state index contributed by atoms with van der Waals surface area (Å²) in [6.07, 6.45) is 1.74. The molecule has 3 aliphatic rings. The first-order chi connectivity index (χ1) is 16.4. The number of rotatable bonds is 4. The number of anilines is 1. The van der Waals surface area contributed by atoms with Crippen LogP contribution in [0.1, 0.15) is 41.6 Å². The molecule has 34 heavy (non-hydrogen) atoms. The maximum absolute atomic E-state index is 13.7. The van der Waals surface area contributed by atoms with Crippen molar-refractivity contribution in [2.75, 3.05) is 4.90 Å². The summed E-state index contributed by atoms with van der Waals surface area (Å²) in [5, 5.41) is 10.2. The Balaban J connectivity index is 1.41. The van der Waals surface area contributed by atoms with Gasteiger partial charge in [0.25, 0.3) is 5.91 Å². The molecule has 1 unspecified atom stereocenters. The second kappa shape index (κ2) is 7.18. The van der Waals surface area contributed by atoms with E-state index in [2.05, 4.69) is 0 Å². The summed E-state index contributed by atoms with van der Waals surface area (Å²) in [6, 6.07) is 12.2. The van der Waals surface area contributed by atoms with E-state index in [1.807, 2.05) is 0 Å². The van der Waals surface area contributed by atoms with Gasteiger partial charge in [-0.15, -0.1) is 0 Å². The Labute approximate surface area is 193 Å². The van der Waals surface area contributed by atoms with Crippen LogP contribution in [0.5, 0.6) is 5.75 Å². The average Bonchev–Trinajstić information content (AvgIpc) is 3.59. The van der Waals surface area contributed by atoms with E-state index in [0.717, 1.165) is 12.8 Å². The highest BCUT2D eigenvalue weighted by molar-refractivity contribution is 6.15. The Morgan fingerprint density at radius 2 is 1.91 bits per heavy atom. The molecular formula is C25H20N2O7. The molecular weight excluding hydrogens is 440 g/mol. The average molecular weight is 460 g/mol. The predicted molar refractivity (Wildman–Crippen MR) is 119 cm³/mol. The minimum atomic E-state index is -1.56. The van der Waals surface area contributed by atoms with E-state index in [9.17, 15) is 24.3 Å². The highest BCUT2D eigenvalue weighted by Gasteiger charge is 2.64. The summed E-state index contributed by atoms with van der Waals surface area (Å²) in [5.74, 6) is -1.32. The largest absolute Gasteiger partial charge is 0.508 e. The number of hydrogen-bond donors (Lipinski definition) is 1. The Morgan fingerprint density at radius 3 is 2.71 bits per heavy atom. The highest BCUT2D eigenvalue weighted by atomic mass is 16.5. The lowest BCUT2D eigenvalue weighted by atomic mass is 9.96. The molecule has 2 aliphatic heterocycles. The number of phenols is 1. The number of benzene rings is 2. The van der Waals surface area contributed by atoms with Crippen LogP contribution in [0.15, 0.2) is 57.7 Å². The van der Waals surface area contributed by atoms with Crippen LogP contribution in [0, 0.1) is 0 Å². The van der Waals surface area contributed by atoms with Crippen molar-refractivity contribution < 1.29 is 28.6 Å². The van der Waals surface area contributed by atoms with Crippen molar-refractivity contribution in [3.63, 3.8) is 0 Å². The fourth-order valence-electron chi connectivity index (χ4n) is 5.11. The number of nitrogens with zero attached hydrogens (tertiary/aromatic N) is 2. The van der Waals surface area contributed by atoms with E-state index in [4.69, 9.17) is 9.15 Å². The minimum absolute atomic E-state index is 0.0664. The number of carbonyl (C=O) groups is 3. The summed E-state index contributed by atoms with van der Waals surface area (Å²) in [5.41, 5.74) is -0.855. The van der Waals surface area contributed by atoms with Crippen LogP contribution in [-0.2, 0) is 20.9 Å². The fraction of sp³-hybridized carbons (Fsp3) is 0.280. The van der Waals surface area contributed by atoms with Gasteiger partial charge in [-0.05, 0) is 37.1 Å². The molecule has 6 rings (SSSR count). The van der Waals surface area contributed by atoms with Gasteiger partial charge >= 0.3 is 11.6 Å². The lowest BCUT2D eigenvalue weighted by Gasteiger charge is -2.48. The molecule has 1 N–H and O–H groups in total. The Bertz CT molecular complexity index is 1440. The van der Waals surface area contributed by atoms with Gasteiger partial charge in [0.2, 0.25) is 11.6 Å². The van der Waals surface area contributed by atoms with Crippen LogP contribution in [-0.4, -0.2) is 39.5 Å². The van der Waals surface area contributed by atoms with E-state index in [1.165, 1.54) is 28.0 Å². The van der Waals surface area contributed by atoms with Gasteiger partial charge in [0.05, 0.1) is 11.3 Å². The maximum Gasteiger partial charge on any atom is 0.354 e. The quantitative estimate of drug-likeness (QED) is 0.470. The standard InChI is InChI=1S/C25H20N2O7/c28-16-7-8-17-14(11-22(30)34-20(17)12-16)13-33-24(32)25-10-9-21(29)27(25)19-4-2-1-3-18(19)23(31)26(25)15-5-6-15/h1-4,7-8,11-12,15,28H,5-6,9-10,13H2. The van der Waals surface area contributed by atoms with Crippen LogP contribution in [0.3, 0.4) is 0 Å². The second-order valence-electron chi connectivity index (χ2n) is 8.82. The summed E-state index contributed by atoms with van der Waals surface area (Å²) >= 11 is 0. The van der Waals surface area contributed by atoms with Gasteiger partial charge in [0.1, 0.15) is 17.9 Å². The first kappa shape index (κ1) is 20.5. The third-order valence-corrected chi connectivity index (χ3v) is 6.71. The molecule has 9 heteroatoms. The molecule has 0 spiro atoms. The first-order valence-electron chi connectivity index (χ1n) is 11.1. The molecule has 1 aliphatic carbocycles. The van der Waals surface area contributed by atoms with Gasteiger partial charge in [0, 0.05) is 42.0 Å². The third kappa shape index (κ3) is 2.86. The summed E-state index contributed by atoms with van der Waals surface area (Å²) < 4.78 is 10.9. The molecule has 1 saturated heterocycles. The van der Waals surface area contributed by atoms with Crippen LogP contribution in [0.2, 0.25) is 0 Å². The molecule has 2 amide bonds. The van der Waals surface area contributed by atoms with Gasteiger partial charge in [-0.1, -0.05) is 12.1 Å². The summed E-state index contributed by atoms with van der Waals surface area (Å²) in [6.45, 7) is -0.260. The lowest BCUT2D eigenvalue weighted by molar-refractivity contribution is -0.159. The molecule has 172 valence electrons. The number of phenolic OH excluding ortho intramolecular Hbond substituents is 1. The zero-order valence-corrected chi connectivity index (χ0v) is 18.0. The predicted octanol–water partition coefficient (Wildman–Crippen LogP) is 2.68. The van der Waals surface area contributed by atoms with Crippen molar-refractivity contribution in [1.29, 1.82) is 0 Å². The Hall–Kier alpha value is -4.14. The molecule has 0 bridgehead atoms. The number of aromatic hydroxyl groups is 1. The van der Waals surface area contributed by atoms with Gasteiger partial charge in [0.15, 0.2) is 0 Å². The van der Waals surface area contributed by atoms with Gasteiger partial charge in [-0.25, -0.2) is 9.59 Å². The van der Waals surface area contributed by atoms with Crippen molar-refractivity contribution in [3.8, 4) is 5.75 Å². The number of para-hydroxylation sites is 1. The monoisotopic (exact) mass is 460 g/mol. The minimum Gasteiger partial charge on any atom is -0.508 e. The molecule has 2 fully saturated rings. The summed E-state index contributed by atoms with van der Waals surface area (Å²) in [7, 11) is 0. The van der Waals surface area contributed by atoms with Gasteiger partial charge in [-0.3, -0.25) is 14.5 Å².